The van der Waals surface area contributed by atoms with Crippen LogP contribution in [-0.4, -0.2) is 30.8 Å². The number of nitrogens with one attached hydrogen (secondary N) is 2. The number of carbonyl (C=O) groups is 1. The van der Waals surface area contributed by atoms with Crippen molar-refractivity contribution in [2.45, 2.75) is 11.3 Å². The number of aromatic nitrogens is 2. The number of carbonyl (C=O) groups excluding carboxylic acids is 1. The van der Waals surface area contributed by atoms with Gasteiger partial charge in [0.15, 0.2) is 0 Å². The number of H-pyrrole nitrogens is 1. The fourth-order valence-electron chi connectivity index (χ4n) is 2.40. The first kappa shape index (κ1) is 18.5. The Morgan fingerprint density at radius 3 is 2.59 bits per heavy atom. The number of rotatable bonds is 6. The van der Waals surface area contributed by atoms with Crippen LogP contribution < -0.4 is 16.1 Å². The zero-order chi connectivity index (χ0) is 19.4. The first-order chi connectivity index (χ1) is 12.8. The first-order valence-corrected chi connectivity index (χ1v) is 9.43. The largest absolute Gasteiger partial charge is 0.463 e. The Balaban J connectivity index is 1.64. The monoisotopic (exact) mass is 388 g/mol. The van der Waals surface area contributed by atoms with Gasteiger partial charge in [-0.25, -0.2) is 18.4 Å². The maximum atomic E-state index is 12.2. The SMILES string of the molecule is NS(=O)(=O)c1ccc(CCNC(=O)c2cc(-c3ccco3)[nH]c(=O)n2)cc1. The minimum atomic E-state index is -3.73. The molecular formula is C17H16N4O5S. The predicted molar refractivity (Wildman–Crippen MR) is 96.4 cm³/mol. The molecule has 0 bridgehead atoms. The lowest BCUT2D eigenvalue weighted by molar-refractivity contribution is 0.0948. The van der Waals surface area contributed by atoms with Crippen LogP contribution in [0, 0.1) is 0 Å². The van der Waals surface area contributed by atoms with Crippen molar-refractivity contribution < 1.29 is 17.6 Å². The van der Waals surface area contributed by atoms with Crippen LogP contribution in [0.15, 0.2) is 62.8 Å². The van der Waals surface area contributed by atoms with E-state index in [1.165, 1.54) is 24.5 Å². The Morgan fingerprint density at radius 2 is 1.96 bits per heavy atom. The minimum absolute atomic E-state index is 0.0217. The number of sulfonamides is 1. The van der Waals surface area contributed by atoms with Crippen molar-refractivity contribution in [3.63, 3.8) is 0 Å². The maximum absolute atomic E-state index is 12.2. The van der Waals surface area contributed by atoms with Crippen LogP contribution in [0.1, 0.15) is 16.1 Å². The standard InChI is InChI=1S/C17H16N4O5S/c18-27(24,25)12-5-3-11(4-6-12)7-8-19-16(22)14-10-13(20-17(23)21-14)15-2-1-9-26-15/h1-6,9-10H,7-8H2,(H,19,22)(H2,18,24,25)(H,20,21,23). The molecule has 9 nitrogen and oxygen atoms in total. The van der Waals surface area contributed by atoms with E-state index < -0.39 is 21.6 Å². The summed E-state index contributed by atoms with van der Waals surface area (Å²) in [5, 5.41) is 7.71. The van der Waals surface area contributed by atoms with E-state index in [9.17, 15) is 18.0 Å². The lowest BCUT2D eigenvalue weighted by Gasteiger charge is -2.06. The van der Waals surface area contributed by atoms with Gasteiger partial charge in [0.05, 0.1) is 16.9 Å². The maximum Gasteiger partial charge on any atom is 0.346 e. The molecule has 3 aromatic rings. The normalized spacial score (nSPS) is 11.3. The lowest BCUT2D eigenvalue weighted by Crippen LogP contribution is -2.29. The molecule has 0 saturated heterocycles. The molecule has 140 valence electrons. The van der Waals surface area contributed by atoms with Crippen LogP contribution >= 0.6 is 0 Å². The second kappa shape index (κ2) is 7.56. The van der Waals surface area contributed by atoms with Crippen LogP contribution in [0.3, 0.4) is 0 Å². The third-order valence-electron chi connectivity index (χ3n) is 3.72. The predicted octanol–water partition coefficient (Wildman–Crippen LogP) is 0.650. The van der Waals surface area contributed by atoms with E-state index in [0.717, 1.165) is 5.56 Å². The van der Waals surface area contributed by atoms with Gasteiger partial charge in [-0.15, -0.1) is 0 Å². The van der Waals surface area contributed by atoms with E-state index in [-0.39, 0.29) is 17.1 Å². The van der Waals surface area contributed by atoms with Gasteiger partial charge in [0, 0.05) is 6.54 Å². The second-order valence-electron chi connectivity index (χ2n) is 5.66. The topological polar surface area (TPSA) is 148 Å². The summed E-state index contributed by atoms with van der Waals surface area (Å²) in [6.07, 6.45) is 1.92. The van der Waals surface area contributed by atoms with Gasteiger partial charge in [0.1, 0.15) is 11.5 Å². The Kier molecular flexibility index (Phi) is 5.19. The Hall–Kier alpha value is -3.24. The minimum Gasteiger partial charge on any atom is -0.463 e. The summed E-state index contributed by atoms with van der Waals surface area (Å²) in [7, 11) is -3.73. The number of primary sulfonamides is 1. The molecule has 2 heterocycles. The number of amides is 1. The Labute approximate surface area is 154 Å². The molecule has 1 amide bonds. The third-order valence-corrected chi connectivity index (χ3v) is 4.64. The van der Waals surface area contributed by atoms with Gasteiger partial charge in [-0.3, -0.25) is 4.79 Å². The van der Waals surface area contributed by atoms with Gasteiger partial charge < -0.3 is 14.7 Å². The van der Waals surface area contributed by atoms with Crippen molar-refractivity contribution in [2.24, 2.45) is 5.14 Å². The molecule has 2 aromatic heterocycles. The zero-order valence-electron chi connectivity index (χ0n) is 14.0. The summed E-state index contributed by atoms with van der Waals surface area (Å²) in [6.45, 7) is 0.276. The fraction of sp³-hybridized carbons (Fsp3) is 0.118. The number of hydrogen-bond donors (Lipinski definition) is 3. The molecule has 0 aliphatic carbocycles. The smallest absolute Gasteiger partial charge is 0.346 e. The molecule has 0 fully saturated rings. The molecule has 27 heavy (non-hydrogen) atoms. The van der Waals surface area contributed by atoms with E-state index in [4.69, 9.17) is 9.56 Å². The quantitative estimate of drug-likeness (QED) is 0.564. The first-order valence-electron chi connectivity index (χ1n) is 7.88. The van der Waals surface area contributed by atoms with Crippen LogP contribution in [-0.2, 0) is 16.4 Å². The van der Waals surface area contributed by atoms with E-state index >= 15 is 0 Å². The van der Waals surface area contributed by atoms with Crippen molar-refractivity contribution in [1.29, 1.82) is 0 Å². The molecule has 10 heteroatoms. The van der Waals surface area contributed by atoms with E-state index in [0.29, 0.717) is 17.9 Å². The summed E-state index contributed by atoms with van der Waals surface area (Å²) < 4.78 is 27.6. The summed E-state index contributed by atoms with van der Waals surface area (Å²) in [4.78, 5) is 30.1. The van der Waals surface area contributed by atoms with E-state index in [1.807, 2.05) is 0 Å². The highest BCUT2D eigenvalue weighted by Crippen LogP contribution is 2.16. The molecule has 3 rings (SSSR count). The van der Waals surface area contributed by atoms with Crippen LogP contribution in [0.5, 0.6) is 0 Å². The van der Waals surface area contributed by atoms with Gasteiger partial charge in [0.2, 0.25) is 10.0 Å². The number of aromatic amines is 1. The second-order valence-corrected chi connectivity index (χ2v) is 7.22. The van der Waals surface area contributed by atoms with Crippen molar-refractivity contribution in [1.82, 2.24) is 15.3 Å². The molecule has 0 aliphatic heterocycles. The molecule has 0 spiro atoms. The lowest BCUT2D eigenvalue weighted by atomic mass is 10.1. The molecular weight excluding hydrogens is 372 g/mol. The highest BCUT2D eigenvalue weighted by atomic mass is 32.2. The van der Waals surface area contributed by atoms with Crippen LogP contribution in [0.2, 0.25) is 0 Å². The summed E-state index contributed by atoms with van der Waals surface area (Å²) >= 11 is 0. The molecule has 0 saturated carbocycles. The average Bonchev–Trinajstić information content (AvgIpc) is 3.15. The molecule has 0 aliphatic rings. The molecule has 0 radical (unpaired) electrons. The van der Waals surface area contributed by atoms with Gasteiger partial charge in [-0.2, -0.15) is 4.98 Å². The summed E-state index contributed by atoms with van der Waals surface area (Å²) in [5.74, 6) is -0.0893. The Morgan fingerprint density at radius 1 is 1.22 bits per heavy atom. The molecule has 0 atom stereocenters. The van der Waals surface area contributed by atoms with E-state index in [1.54, 1.807) is 24.3 Å². The van der Waals surface area contributed by atoms with Gasteiger partial charge in [0.25, 0.3) is 5.91 Å². The average molecular weight is 388 g/mol. The number of nitrogens with two attached hydrogens (primary N) is 1. The fourth-order valence-corrected chi connectivity index (χ4v) is 2.91. The number of hydrogen-bond acceptors (Lipinski definition) is 6. The summed E-state index contributed by atoms with van der Waals surface area (Å²) in [5.41, 5.74) is 0.476. The Bertz CT molecular complexity index is 1100. The molecule has 1 aromatic carbocycles. The van der Waals surface area contributed by atoms with Crippen molar-refractivity contribution in [3.05, 3.63) is 70.5 Å². The number of furan rings is 1. The van der Waals surface area contributed by atoms with Gasteiger partial charge >= 0.3 is 5.69 Å². The highest BCUT2D eigenvalue weighted by Gasteiger charge is 2.12. The van der Waals surface area contributed by atoms with Gasteiger partial charge in [-0.1, -0.05) is 12.1 Å². The van der Waals surface area contributed by atoms with Crippen molar-refractivity contribution in [2.75, 3.05) is 6.54 Å². The third kappa shape index (κ3) is 4.68. The van der Waals surface area contributed by atoms with Crippen molar-refractivity contribution in [3.8, 4) is 11.5 Å². The highest BCUT2D eigenvalue weighted by molar-refractivity contribution is 7.89. The van der Waals surface area contributed by atoms with Gasteiger partial charge in [-0.05, 0) is 42.3 Å². The van der Waals surface area contributed by atoms with Crippen molar-refractivity contribution >= 4 is 15.9 Å². The number of benzene rings is 1. The van der Waals surface area contributed by atoms with Crippen LogP contribution in [0.4, 0.5) is 0 Å². The number of nitrogens with zero attached hydrogens (tertiary/aromatic N) is 1. The zero-order valence-corrected chi connectivity index (χ0v) is 14.8. The molecule has 0 unspecified atom stereocenters. The van der Waals surface area contributed by atoms with Crippen LogP contribution in [0.25, 0.3) is 11.5 Å². The molecule has 4 N–H and O–H groups in total. The summed E-state index contributed by atoms with van der Waals surface area (Å²) in [6, 6.07) is 10.8. The van der Waals surface area contributed by atoms with E-state index in [2.05, 4.69) is 15.3 Å².